The molecule has 1 heterocycles. The minimum atomic E-state index is -0.175. The van der Waals surface area contributed by atoms with Crippen LogP contribution in [0.2, 0.25) is 0 Å². The average Bonchev–Trinajstić information content (AvgIpc) is 3.26. The smallest absolute Gasteiger partial charge is 0.183 e. The summed E-state index contributed by atoms with van der Waals surface area (Å²) in [5, 5.41) is 21.7. The Hall–Kier alpha value is -0.610. The minimum absolute atomic E-state index is 0.0539. The van der Waals surface area contributed by atoms with Gasteiger partial charge in [-0.15, -0.1) is 0 Å². The quantitative estimate of drug-likeness (QED) is 0.592. The molecule has 10 atom stereocenters. The molecule has 2 N–H and O–H groups in total. The van der Waals surface area contributed by atoms with Crippen molar-refractivity contribution in [2.75, 3.05) is 6.61 Å². The maximum absolute atomic E-state index is 11.4. The van der Waals surface area contributed by atoms with Gasteiger partial charge in [0.05, 0.1) is 17.7 Å². The zero-order valence-electron chi connectivity index (χ0n) is 21.1. The van der Waals surface area contributed by atoms with Gasteiger partial charge in [0.1, 0.15) is 6.61 Å². The van der Waals surface area contributed by atoms with E-state index in [0.29, 0.717) is 40.4 Å². The van der Waals surface area contributed by atoms with Crippen molar-refractivity contribution in [3.8, 4) is 0 Å². The predicted molar refractivity (Wildman–Crippen MR) is 128 cm³/mol. The number of hydrogen-bond donors (Lipinski definition) is 2. The lowest BCUT2D eigenvalue weighted by molar-refractivity contribution is -0.174. The molecule has 0 spiro atoms. The van der Waals surface area contributed by atoms with Crippen molar-refractivity contribution in [2.24, 2.45) is 51.3 Å². The van der Waals surface area contributed by atoms with E-state index < -0.39 is 0 Å². The molecule has 4 heteroatoms. The van der Waals surface area contributed by atoms with Crippen LogP contribution in [0, 0.1) is 46.3 Å². The number of fused-ring (bicyclic) bond motifs is 5. The van der Waals surface area contributed by atoms with Gasteiger partial charge in [0.15, 0.2) is 5.90 Å². The molecule has 0 amide bonds. The molecule has 1 aliphatic heterocycles. The zero-order valence-corrected chi connectivity index (χ0v) is 21.1. The molecule has 0 aromatic heterocycles. The van der Waals surface area contributed by atoms with Crippen molar-refractivity contribution in [3.63, 3.8) is 0 Å². The van der Waals surface area contributed by atoms with Crippen LogP contribution in [-0.2, 0) is 4.74 Å². The van der Waals surface area contributed by atoms with Crippen LogP contribution in [0.15, 0.2) is 4.99 Å². The fourth-order valence-corrected chi connectivity index (χ4v) is 9.52. The van der Waals surface area contributed by atoms with Gasteiger partial charge in [-0.25, -0.2) is 4.99 Å². The molecule has 4 aliphatic carbocycles. The second-order valence-corrected chi connectivity index (χ2v) is 13.6. The third kappa shape index (κ3) is 3.67. The van der Waals surface area contributed by atoms with E-state index in [4.69, 9.17) is 9.73 Å². The average molecular weight is 446 g/mol. The van der Waals surface area contributed by atoms with E-state index in [0.717, 1.165) is 56.9 Å². The van der Waals surface area contributed by atoms with E-state index in [1.54, 1.807) is 0 Å². The highest BCUT2D eigenvalue weighted by atomic mass is 16.5. The molecule has 0 aromatic rings. The highest BCUT2D eigenvalue weighted by Crippen LogP contribution is 2.68. The first-order valence-electron chi connectivity index (χ1n) is 13.6. The van der Waals surface area contributed by atoms with Gasteiger partial charge < -0.3 is 14.9 Å². The van der Waals surface area contributed by atoms with Gasteiger partial charge >= 0.3 is 0 Å². The third-order valence-electron chi connectivity index (χ3n) is 11.2. The highest BCUT2D eigenvalue weighted by molar-refractivity contribution is 5.78. The van der Waals surface area contributed by atoms with Gasteiger partial charge in [0, 0.05) is 6.42 Å². The lowest BCUT2D eigenvalue weighted by Crippen LogP contribution is -2.58. The van der Waals surface area contributed by atoms with Gasteiger partial charge in [0.25, 0.3) is 0 Å². The van der Waals surface area contributed by atoms with Gasteiger partial charge in [0.2, 0.25) is 0 Å². The van der Waals surface area contributed by atoms with Crippen LogP contribution in [-0.4, -0.2) is 40.5 Å². The SMILES string of the molecule is C[C@H](CCC1=NC(C)(C)CO1)C1CCC2[C@@H]3C(O)C[C@@H]4CC(O)CC[C@]4(C)C3CC[C@@]21C. The van der Waals surface area contributed by atoms with Crippen molar-refractivity contribution in [3.05, 3.63) is 0 Å². The normalized spacial score (nSPS) is 50.6. The van der Waals surface area contributed by atoms with Crippen LogP contribution in [0.4, 0.5) is 0 Å². The van der Waals surface area contributed by atoms with E-state index in [1.807, 2.05) is 0 Å². The molecule has 32 heavy (non-hydrogen) atoms. The van der Waals surface area contributed by atoms with Crippen molar-refractivity contribution in [2.45, 2.75) is 117 Å². The maximum atomic E-state index is 11.4. The standard InChI is InChI=1S/C28H47NO3/c1-17(6-9-24-29-26(2,3)16-32-24)20-7-8-21-25-22(11-13-28(20,21)5)27(4)12-10-19(30)14-18(27)15-23(25)31/h17-23,25,30-31H,6-16H2,1-5H3/t17-,18+,19?,20?,21?,22?,23?,25+,27+,28-/m1/s1. The number of aliphatic hydroxyl groups is 2. The summed E-state index contributed by atoms with van der Waals surface area (Å²) < 4.78 is 5.87. The molecule has 4 saturated carbocycles. The lowest BCUT2D eigenvalue weighted by atomic mass is 9.43. The van der Waals surface area contributed by atoms with Crippen LogP contribution in [0.3, 0.4) is 0 Å². The highest BCUT2D eigenvalue weighted by Gasteiger charge is 2.62. The summed E-state index contributed by atoms with van der Waals surface area (Å²) >= 11 is 0. The summed E-state index contributed by atoms with van der Waals surface area (Å²) in [5.41, 5.74) is 0.622. The third-order valence-corrected chi connectivity index (χ3v) is 11.2. The second-order valence-electron chi connectivity index (χ2n) is 13.6. The van der Waals surface area contributed by atoms with E-state index in [1.165, 1.54) is 25.7 Å². The summed E-state index contributed by atoms with van der Waals surface area (Å²) in [7, 11) is 0. The summed E-state index contributed by atoms with van der Waals surface area (Å²) in [6.07, 6.45) is 10.9. The Balaban J connectivity index is 1.30. The fourth-order valence-electron chi connectivity index (χ4n) is 9.52. The first kappa shape index (κ1) is 23.1. The number of ether oxygens (including phenoxy) is 1. The van der Waals surface area contributed by atoms with Crippen molar-refractivity contribution >= 4 is 5.90 Å². The van der Waals surface area contributed by atoms with Crippen molar-refractivity contribution in [1.29, 1.82) is 0 Å². The molecule has 5 unspecified atom stereocenters. The summed E-state index contributed by atoms with van der Waals surface area (Å²) in [6.45, 7) is 12.6. The molecule has 4 nitrogen and oxygen atoms in total. The van der Waals surface area contributed by atoms with E-state index >= 15 is 0 Å². The van der Waals surface area contributed by atoms with Crippen LogP contribution in [0.1, 0.15) is 98.8 Å². The van der Waals surface area contributed by atoms with Gasteiger partial charge in [-0.1, -0.05) is 20.8 Å². The molecule has 4 fully saturated rings. The van der Waals surface area contributed by atoms with Crippen LogP contribution in [0.5, 0.6) is 0 Å². The maximum Gasteiger partial charge on any atom is 0.183 e. The molecule has 5 aliphatic rings. The number of nitrogens with zero attached hydrogens (tertiary/aromatic N) is 1. The van der Waals surface area contributed by atoms with Crippen LogP contribution >= 0.6 is 0 Å². The second kappa shape index (κ2) is 7.97. The van der Waals surface area contributed by atoms with Gasteiger partial charge in [-0.3, -0.25) is 0 Å². The minimum Gasteiger partial charge on any atom is -0.478 e. The molecule has 0 aromatic carbocycles. The summed E-state index contributed by atoms with van der Waals surface area (Å²) in [6, 6.07) is 0. The van der Waals surface area contributed by atoms with E-state index in [2.05, 4.69) is 34.6 Å². The molecular weight excluding hydrogens is 398 g/mol. The van der Waals surface area contributed by atoms with Crippen LogP contribution in [0.25, 0.3) is 0 Å². The first-order valence-corrected chi connectivity index (χ1v) is 13.6. The van der Waals surface area contributed by atoms with E-state index in [9.17, 15) is 10.2 Å². The van der Waals surface area contributed by atoms with Gasteiger partial charge in [-0.05, 0) is 118 Å². The van der Waals surface area contributed by atoms with E-state index in [-0.39, 0.29) is 17.7 Å². The van der Waals surface area contributed by atoms with Crippen LogP contribution < -0.4 is 0 Å². The largest absolute Gasteiger partial charge is 0.478 e. The zero-order chi connectivity index (χ0) is 22.9. The van der Waals surface area contributed by atoms with Crippen molar-refractivity contribution < 1.29 is 14.9 Å². The first-order chi connectivity index (χ1) is 15.0. The van der Waals surface area contributed by atoms with Crippen molar-refractivity contribution in [1.82, 2.24) is 0 Å². The summed E-state index contributed by atoms with van der Waals surface area (Å²) in [5.74, 6) is 4.64. The molecular formula is C28H47NO3. The Morgan fingerprint density at radius 1 is 0.969 bits per heavy atom. The number of rotatable bonds is 4. The number of hydrogen-bond acceptors (Lipinski definition) is 4. The predicted octanol–water partition coefficient (Wildman–Crippen LogP) is 5.60. The Bertz CT molecular complexity index is 749. The van der Waals surface area contributed by atoms with Gasteiger partial charge in [-0.2, -0.15) is 0 Å². The Morgan fingerprint density at radius 3 is 2.41 bits per heavy atom. The number of aliphatic hydroxyl groups excluding tert-OH is 2. The monoisotopic (exact) mass is 445 g/mol. The molecule has 182 valence electrons. The Labute approximate surface area is 195 Å². The Morgan fingerprint density at radius 2 is 1.69 bits per heavy atom. The number of aliphatic imine (C=N–C) groups is 1. The summed E-state index contributed by atoms with van der Waals surface area (Å²) in [4.78, 5) is 4.78. The molecule has 5 rings (SSSR count). The topological polar surface area (TPSA) is 62.0 Å². The fraction of sp³-hybridized carbons (Fsp3) is 0.964. The molecule has 0 bridgehead atoms. The molecule has 0 saturated heterocycles. The Kier molecular flexibility index (Phi) is 5.76. The molecule has 0 radical (unpaired) electrons. The lowest BCUT2D eigenvalue weighted by Gasteiger charge is -2.62.